The maximum absolute atomic E-state index is 14.2. The molecule has 1 fully saturated rings. The average molecular weight is 283 g/mol. The third-order valence-electron chi connectivity index (χ3n) is 4.01. The summed E-state index contributed by atoms with van der Waals surface area (Å²) in [5, 5.41) is 2.90. The number of nitrogens with zero attached hydrogens (tertiary/aromatic N) is 2. The minimum Gasteiger partial charge on any atom is -0.365 e. The van der Waals surface area contributed by atoms with Gasteiger partial charge in [0.05, 0.1) is 0 Å². The third kappa shape index (κ3) is 2.94. The molecule has 1 saturated heterocycles. The molecule has 0 spiro atoms. The quantitative estimate of drug-likeness (QED) is 0.912. The number of hydrogen-bond donors (Lipinski definition) is 1. The Morgan fingerprint density at radius 3 is 2.30 bits per heavy atom. The first-order valence-electron chi connectivity index (χ1n) is 6.98. The lowest BCUT2D eigenvalue weighted by Gasteiger charge is -2.23. The van der Waals surface area contributed by atoms with Gasteiger partial charge in [-0.2, -0.15) is 0 Å². The Morgan fingerprint density at radius 1 is 1.25 bits per heavy atom. The van der Waals surface area contributed by atoms with Crippen LogP contribution in [0.15, 0.2) is 12.1 Å². The van der Waals surface area contributed by atoms with Gasteiger partial charge in [-0.15, -0.1) is 0 Å². The zero-order chi connectivity index (χ0) is 14.9. The molecular weight excluding hydrogens is 260 g/mol. The molecule has 0 aromatic heterocycles. The van der Waals surface area contributed by atoms with Crippen LogP contribution in [0.2, 0.25) is 0 Å². The van der Waals surface area contributed by atoms with Crippen LogP contribution in [-0.4, -0.2) is 45.2 Å². The summed E-state index contributed by atoms with van der Waals surface area (Å²) in [5.41, 5.74) is 0.740. The molecule has 1 aliphatic heterocycles. The Hall–Kier alpha value is -1.20. The molecule has 2 rings (SSSR count). The lowest BCUT2D eigenvalue weighted by Crippen LogP contribution is -2.34. The highest BCUT2D eigenvalue weighted by Crippen LogP contribution is 2.31. The van der Waals surface area contributed by atoms with E-state index < -0.39 is 11.6 Å². The van der Waals surface area contributed by atoms with E-state index in [9.17, 15) is 8.78 Å². The smallest absolute Gasteiger partial charge is 0.149 e. The summed E-state index contributed by atoms with van der Waals surface area (Å²) < 4.78 is 28.4. The summed E-state index contributed by atoms with van der Waals surface area (Å²) in [6.45, 7) is 3.93. The van der Waals surface area contributed by atoms with E-state index in [1.165, 1.54) is 12.1 Å². The van der Waals surface area contributed by atoms with Gasteiger partial charge in [-0.05, 0) is 44.8 Å². The van der Waals surface area contributed by atoms with E-state index in [2.05, 4.69) is 17.1 Å². The van der Waals surface area contributed by atoms with E-state index in [1.807, 2.05) is 19.0 Å². The topological polar surface area (TPSA) is 18.5 Å². The normalized spacial score (nSPS) is 22.9. The number of likely N-dealkylation sites (N-methyl/N-ethyl adjacent to an activating group) is 1. The molecule has 2 atom stereocenters. The van der Waals surface area contributed by atoms with Crippen molar-refractivity contribution in [3.8, 4) is 0 Å². The van der Waals surface area contributed by atoms with Crippen LogP contribution in [-0.2, 0) is 6.54 Å². The summed E-state index contributed by atoms with van der Waals surface area (Å²) in [4.78, 5) is 3.94. The van der Waals surface area contributed by atoms with Crippen LogP contribution in [0.3, 0.4) is 0 Å². The zero-order valence-electron chi connectivity index (χ0n) is 12.6. The van der Waals surface area contributed by atoms with Gasteiger partial charge in [-0.25, -0.2) is 8.78 Å². The SMILES string of the molecule is CNCc1cc(F)c(N2CC(C)C(N(C)C)C2)c(F)c1. The predicted octanol–water partition coefficient (Wildman–Crippen LogP) is 2.07. The summed E-state index contributed by atoms with van der Waals surface area (Å²) in [5.74, 6) is -0.551. The van der Waals surface area contributed by atoms with Crippen molar-refractivity contribution in [3.05, 3.63) is 29.3 Å². The summed E-state index contributed by atoms with van der Waals surface area (Å²) in [6.07, 6.45) is 0. The van der Waals surface area contributed by atoms with E-state index in [4.69, 9.17) is 0 Å². The third-order valence-corrected chi connectivity index (χ3v) is 4.01. The van der Waals surface area contributed by atoms with Crippen molar-refractivity contribution in [2.24, 2.45) is 5.92 Å². The molecule has 112 valence electrons. The molecule has 1 aliphatic rings. The zero-order valence-corrected chi connectivity index (χ0v) is 12.6. The summed E-state index contributed by atoms with van der Waals surface area (Å²) in [7, 11) is 5.77. The Kier molecular flexibility index (Phi) is 4.60. The first-order valence-corrected chi connectivity index (χ1v) is 6.98. The van der Waals surface area contributed by atoms with Gasteiger partial charge in [0.1, 0.15) is 17.3 Å². The number of hydrogen-bond acceptors (Lipinski definition) is 3. The fourth-order valence-electron chi connectivity index (χ4n) is 3.03. The van der Waals surface area contributed by atoms with E-state index in [-0.39, 0.29) is 5.69 Å². The van der Waals surface area contributed by atoms with Crippen molar-refractivity contribution in [1.82, 2.24) is 10.2 Å². The maximum atomic E-state index is 14.2. The Morgan fingerprint density at radius 2 is 1.85 bits per heavy atom. The molecule has 1 heterocycles. The molecular formula is C15H23F2N3. The van der Waals surface area contributed by atoms with Crippen LogP contribution in [0, 0.1) is 17.6 Å². The first kappa shape index (κ1) is 15.2. The highest BCUT2D eigenvalue weighted by Gasteiger charge is 2.33. The molecule has 1 aromatic carbocycles. The van der Waals surface area contributed by atoms with Gasteiger partial charge in [0.25, 0.3) is 0 Å². The van der Waals surface area contributed by atoms with E-state index in [0.29, 0.717) is 37.2 Å². The molecule has 20 heavy (non-hydrogen) atoms. The lowest BCUT2D eigenvalue weighted by atomic mass is 10.1. The highest BCUT2D eigenvalue weighted by atomic mass is 19.1. The second-order valence-electron chi connectivity index (χ2n) is 5.85. The van der Waals surface area contributed by atoms with Crippen LogP contribution < -0.4 is 10.2 Å². The van der Waals surface area contributed by atoms with Gasteiger partial charge >= 0.3 is 0 Å². The van der Waals surface area contributed by atoms with Crippen molar-refractivity contribution in [2.45, 2.75) is 19.5 Å². The molecule has 3 nitrogen and oxygen atoms in total. The lowest BCUT2D eigenvalue weighted by molar-refractivity contribution is 0.266. The van der Waals surface area contributed by atoms with Gasteiger partial charge in [-0.3, -0.25) is 0 Å². The van der Waals surface area contributed by atoms with Crippen molar-refractivity contribution < 1.29 is 8.78 Å². The minimum atomic E-state index is -0.471. The predicted molar refractivity (Wildman–Crippen MR) is 78.0 cm³/mol. The fraction of sp³-hybridized carbons (Fsp3) is 0.600. The van der Waals surface area contributed by atoms with E-state index in [1.54, 1.807) is 7.05 Å². The molecule has 0 saturated carbocycles. The van der Waals surface area contributed by atoms with Crippen molar-refractivity contribution in [3.63, 3.8) is 0 Å². The number of benzene rings is 1. The molecule has 0 bridgehead atoms. The monoisotopic (exact) mass is 283 g/mol. The first-order chi connectivity index (χ1) is 9.43. The van der Waals surface area contributed by atoms with Crippen molar-refractivity contribution in [2.75, 3.05) is 39.1 Å². The van der Waals surface area contributed by atoms with Gasteiger partial charge in [0, 0.05) is 25.7 Å². The highest BCUT2D eigenvalue weighted by molar-refractivity contribution is 5.52. The summed E-state index contributed by atoms with van der Waals surface area (Å²) in [6, 6.07) is 3.16. The van der Waals surface area contributed by atoms with Gasteiger partial charge in [-0.1, -0.05) is 6.92 Å². The molecule has 0 aliphatic carbocycles. The second-order valence-corrected chi connectivity index (χ2v) is 5.85. The molecule has 1 N–H and O–H groups in total. The average Bonchev–Trinajstić information content (AvgIpc) is 2.70. The van der Waals surface area contributed by atoms with Crippen LogP contribution in [0.4, 0.5) is 14.5 Å². The van der Waals surface area contributed by atoms with Crippen LogP contribution in [0.25, 0.3) is 0 Å². The van der Waals surface area contributed by atoms with Crippen LogP contribution >= 0.6 is 0 Å². The standard InChI is InChI=1S/C15H23F2N3/c1-10-8-20(9-14(10)19(3)4)15-12(16)5-11(7-18-2)6-13(15)17/h5-6,10,14,18H,7-9H2,1-4H3. The molecule has 0 radical (unpaired) electrons. The Balaban J connectivity index is 2.26. The van der Waals surface area contributed by atoms with Crippen molar-refractivity contribution in [1.29, 1.82) is 0 Å². The maximum Gasteiger partial charge on any atom is 0.149 e. The molecule has 0 amide bonds. The number of halogens is 2. The Labute approximate surface area is 119 Å². The molecule has 1 aromatic rings. The number of anilines is 1. The fourth-order valence-corrected chi connectivity index (χ4v) is 3.03. The van der Waals surface area contributed by atoms with Crippen LogP contribution in [0.1, 0.15) is 12.5 Å². The van der Waals surface area contributed by atoms with Crippen molar-refractivity contribution >= 4 is 5.69 Å². The van der Waals surface area contributed by atoms with Crippen LogP contribution in [0.5, 0.6) is 0 Å². The van der Waals surface area contributed by atoms with Gasteiger partial charge in [0.2, 0.25) is 0 Å². The number of rotatable bonds is 4. The number of nitrogens with one attached hydrogen (secondary N) is 1. The molecule has 2 unspecified atom stereocenters. The largest absolute Gasteiger partial charge is 0.365 e. The molecule has 5 heteroatoms. The Bertz CT molecular complexity index is 453. The van der Waals surface area contributed by atoms with Gasteiger partial charge < -0.3 is 15.1 Å². The van der Waals surface area contributed by atoms with E-state index in [0.717, 1.165) is 0 Å². The van der Waals surface area contributed by atoms with E-state index >= 15 is 0 Å². The summed E-state index contributed by atoms with van der Waals surface area (Å²) >= 11 is 0. The minimum absolute atomic E-state index is 0.112. The second kappa shape index (κ2) is 6.06. The van der Waals surface area contributed by atoms with Gasteiger partial charge in [0.15, 0.2) is 0 Å².